The van der Waals surface area contributed by atoms with Gasteiger partial charge in [0.15, 0.2) is 0 Å². The zero-order valence-electron chi connectivity index (χ0n) is 9.62. The lowest BCUT2D eigenvalue weighted by molar-refractivity contribution is -0.126. The molecule has 4 heteroatoms. The molecule has 1 rings (SSSR count). The zero-order chi connectivity index (χ0) is 11.5. The van der Waals surface area contributed by atoms with E-state index in [0.29, 0.717) is 12.3 Å². The van der Waals surface area contributed by atoms with E-state index in [0.717, 1.165) is 19.3 Å². The van der Waals surface area contributed by atoms with Gasteiger partial charge in [-0.15, -0.1) is 0 Å². The van der Waals surface area contributed by atoms with Crippen molar-refractivity contribution in [1.29, 1.82) is 0 Å². The van der Waals surface area contributed by atoms with E-state index in [1.54, 1.807) is 0 Å². The Bertz CT molecular complexity index is 219. The van der Waals surface area contributed by atoms with Gasteiger partial charge >= 0.3 is 0 Å². The molecule has 0 saturated heterocycles. The number of carbonyl (C=O) groups excluding carboxylic acids is 1. The molecule has 0 aliphatic heterocycles. The van der Waals surface area contributed by atoms with Crippen LogP contribution in [-0.2, 0) is 4.79 Å². The van der Waals surface area contributed by atoms with Gasteiger partial charge in [0.25, 0.3) is 0 Å². The fraction of sp³-hybridized carbons (Fsp3) is 0.909. The molecule has 1 fully saturated rings. The summed E-state index contributed by atoms with van der Waals surface area (Å²) in [6, 6.07) is -0.450. The summed E-state index contributed by atoms with van der Waals surface area (Å²) in [5.41, 5.74) is 5.40. The Hall–Kier alpha value is -0.610. The summed E-state index contributed by atoms with van der Waals surface area (Å²) in [5, 5.41) is 12.1. The van der Waals surface area contributed by atoms with E-state index in [-0.39, 0.29) is 18.1 Å². The third-order valence-corrected chi connectivity index (χ3v) is 3.06. The van der Waals surface area contributed by atoms with Crippen LogP contribution in [0.3, 0.4) is 0 Å². The van der Waals surface area contributed by atoms with Crippen molar-refractivity contribution in [2.45, 2.75) is 51.1 Å². The zero-order valence-corrected chi connectivity index (χ0v) is 9.62. The van der Waals surface area contributed by atoms with E-state index in [2.05, 4.69) is 5.32 Å². The Labute approximate surface area is 91.2 Å². The van der Waals surface area contributed by atoms with Gasteiger partial charge in [0.2, 0.25) is 5.91 Å². The standard InChI is InChI=1S/C11H22N2O2/c1-8(2)6-9(12)10(15)13-11(7-14)4-3-5-11/h8-9,14H,3-7,12H2,1-2H3,(H,13,15). The maximum Gasteiger partial charge on any atom is 0.237 e. The van der Waals surface area contributed by atoms with Gasteiger partial charge in [-0.25, -0.2) is 0 Å². The first-order chi connectivity index (χ1) is 6.99. The minimum Gasteiger partial charge on any atom is -0.394 e. The van der Waals surface area contributed by atoms with E-state index in [4.69, 9.17) is 5.73 Å². The normalized spacial score (nSPS) is 20.9. The third-order valence-electron chi connectivity index (χ3n) is 3.06. The number of nitrogens with two attached hydrogens (primary N) is 1. The highest BCUT2D eigenvalue weighted by molar-refractivity contribution is 5.82. The average Bonchev–Trinajstić information content (AvgIpc) is 2.09. The summed E-state index contributed by atoms with van der Waals surface area (Å²) < 4.78 is 0. The van der Waals surface area contributed by atoms with Gasteiger partial charge in [-0.3, -0.25) is 4.79 Å². The van der Waals surface area contributed by atoms with E-state index in [1.165, 1.54) is 0 Å². The second kappa shape index (κ2) is 4.94. The molecule has 1 aliphatic carbocycles. The summed E-state index contributed by atoms with van der Waals surface area (Å²) in [7, 11) is 0. The molecule has 0 heterocycles. The van der Waals surface area contributed by atoms with Crippen LogP contribution < -0.4 is 11.1 Å². The number of aliphatic hydroxyl groups excluding tert-OH is 1. The van der Waals surface area contributed by atoms with Crippen LogP contribution in [0.2, 0.25) is 0 Å². The maximum atomic E-state index is 11.7. The van der Waals surface area contributed by atoms with Crippen molar-refractivity contribution in [3.05, 3.63) is 0 Å². The molecule has 1 atom stereocenters. The Kier molecular flexibility index (Phi) is 4.11. The smallest absolute Gasteiger partial charge is 0.237 e. The molecule has 4 N–H and O–H groups in total. The number of aliphatic hydroxyl groups is 1. The van der Waals surface area contributed by atoms with Crippen molar-refractivity contribution < 1.29 is 9.90 Å². The van der Waals surface area contributed by atoms with Crippen LogP contribution in [0.5, 0.6) is 0 Å². The van der Waals surface area contributed by atoms with Gasteiger partial charge in [-0.2, -0.15) is 0 Å². The monoisotopic (exact) mass is 214 g/mol. The summed E-state index contributed by atoms with van der Waals surface area (Å²) in [5.74, 6) is 0.287. The van der Waals surface area contributed by atoms with Crippen LogP contribution in [0, 0.1) is 5.92 Å². The van der Waals surface area contributed by atoms with Crippen LogP contribution >= 0.6 is 0 Å². The Morgan fingerprint density at radius 3 is 2.47 bits per heavy atom. The topological polar surface area (TPSA) is 75.4 Å². The van der Waals surface area contributed by atoms with E-state index in [1.807, 2.05) is 13.8 Å². The quantitative estimate of drug-likeness (QED) is 0.619. The van der Waals surface area contributed by atoms with Crippen molar-refractivity contribution in [2.24, 2.45) is 11.7 Å². The maximum absolute atomic E-state index is 11.7. The number of rotatable bonds is 5. The van der Waals surface area contributed by atoms with E-state index in [9.17, 15) is 9.90 Å². The van der Waals surface area contributed by atoms with Gasteiger partial charge in [0, 0.05) is 0 Å². The van der Waals surface area contributed by atoms with Gasteiger partial charge in [-0.1, -0.05) is 13.8 Å². The highest BCUT2D eigenvalue weighted by atomic mass is 16.3. The highest BCUT2D eigenvalue weighted by Gasteiger charge is 2.38. The van der Waals surface area contributed by atoms with Crippen molar-refractivity contribution in [1.82, 2.24) is 5.32 Å². The van der Waals surface area contributed by atoms with Crippen molar-refractivity contribution >= 4 is 5.91 Å². The summed E-state index contributed by atoms with van der Waals surface area (Å²) >= 11 is 0. The number of amides is 1. The largest absolute Gasteiger partial charge is 0.394 e. The van der Waals surface area contributed by atoms with Crippen LogP contribution in [0.15, 0.2) is 0 Å². The molecule has 1 unspecified atom stereocenters. The summed E-state index contributed by atoms with van der Waals surface area (Å²) in [4.78, 5) is 11.7. The van der Waals surface area contributed by atoms with Gasteiger partial charge in [-0.05, 0) is 31.6 Å². The molecule has 88 valence electrons. The lowest BCUT2D eigenvalue weighted by Crippen LogP contribution is -2.59. The van der Waals surface area contributed by atoms with Crippen LogP contribution in [0.25, 0.3) is 0 Å². The van der Waals surface area contributed by atoms with Crippen molar-refractivity contribution in [3.8, 4) is 0 Å². The molecule has 0 aromatic heterocycles. The molecule has 4 nitrogen and oxygen atoms in total. The number of hydrogen-bond donors (Lipinski definition) is 3. The average molecular weight is 214 g/mol. The second-order valence-electron chi connectivity index (χ2n) is 5.02. The predicted molar refractivity (Wildman–Crippen MR) is 59.2 cm³/mol. The van der Waals surface area contributed by atoms with Crippen molar-refractivity contribution in [3.63, 3.8) is 0 Å². The summed E-state index contributed by atoms with van der Waals surface area (Å²) in [6.07, 6.45) is 3.49. The molecule has 0 bridgehead atoms. The van der Waals surface area contributed by atoms with Crippen LogP contribution in [-0.4, -0.2) is 29.2 Å². The minimum absolute atomic E-state index is 0.0210. The molecule has 15 heavy (non-hydrogen) atoms. The van der Waals surface area contributed by atoms with Crippen LogP contribution in [0.1, 0.15) is 39.5 Å². The third kappa shape index (κ3) is 3.18. The molecule has 1 saturated carbocycles. The summed E-state index contributed by atoms with van der Waals surface area (Å²) in [6.45, 7) is 4.10. The molecule has 0 spiro atoms. The van der Waals surface area contributed by atoms with Gasteiger partial charge in [0.1, 0.15) is 0 Å². The highest BCUT2D eigenvalue weighted by Crippen LogP contribution is 2.31. The fourth-order valence-electron chi connectivity index (χ4n) is 1.90. The number of nitrogens with one attached hydrogen (secondary N) is 1. The minimum atomic E-state index is -0.450. The van der Waals surface area contributed by atoms with Gasteiger partial charge in [0.05, 0.1) is 18.2 Å². The molecule has 1 aliphatic rings. The van der Waals surface area contributed by atoms with Gasteiger partial charge < -0.3 is 16.2 Å². The van der Waals surface area contributed by atoms with Crippen molar-refractivity contribution in [2.75, 3.05) is 6.61 Å². The number of hydrogen-bond acceptors (Lipinski definition) is 3. The molecular weight excluding hydrogens is 192 g/mol. The molecule has 0 radical (unpaired) electrons. The molecule has 0 aromatic rings. The SMILES string of the molecule is CC(C)CC(N)C(=O)NC1(CO)CCC1. The second-order valence-corrected chi connectivity index (χ2v) is 5.02. The fourth-order valence-corrected chi connectivity index (χ4v) is 1.90. The Morgan fingerprint density at radius 1 is 1.53 bits per heavy atom. The number of carbonyl (C=O) groups is 1. The predicted octanol–water partition coefficient (Wildman–Crippen LogP) is 0.391. The first-order valence-corrected chi connectivity index (χ1v) is 5.67. The lowest BCUT2D eigenvalue weighted by Gasteiger charge is -2.41. The Balaban J connectivity index is 2.40. The van der Waals surface area contributed by atoms with E-state index < -0.39 is 6.04 Å². The van der Waals surface area contributed by atoms with Crippen LogP contribution in [0.4, 0.5) is 0 Å². The first-order valence-electron chi connectivity index (χ1n) is 5.67. The Morgan fingerprint density at radius 2 is 2.13 bits per heavy atom. The molecular formula is C11H22N2O2. The first kappa shape index (κ1) is 12.5. The molecule has 0 aromatic carbocycles. The molecule has 1 amide bonds. The van der Waals surface area contributed by atoms with E-state index >= 15 is 0 Å². The lowest BCUT2D eigenvalue weighted by atomic mass is 9.77.